The molecule has 0 saturated carbocycles. The lowest BCUT2D eigenvalue weighted by Crippen LogP contribution is -2.61. The van der Waals surface area contributed by atoms with E-state index >= 15 is 0 Å². The lowest BCUT2D eigenvalue weighted by Gasteiger charge is -2.41. The van der Waals surface area contributed by atoms with Crippen LogP contribution in [0.4, 0.5) is 11.4 Å². The van der Waals surface area contributed by atoms with Crippen LogP contribution in [-0.4, -0.2) is 74.7 Å². The number of rotatable bonds is 5. The monoisotopic (exact) mass is 342 g/mol. The predicted molar refractivity (Wildman–Crippen MR) is 79.1 cm³/mol. The average Bonchev–Trinajstić information content (AvgIpc) is 2.58. The highest BCUT2D eigenvalue weighted by Gasteiger charge is 2.45. The molecule has 1 saturated heterocycles. The quantitative estimate of drug-likeness (QED) is 0.311. The standard InChI is InChI=1S/C13H18N4O7/c1-16(13-12(21)11(20)10(19)9(6-18)24-13)15-14-7-2-4-8(5-3-7)17(22)23/h2-5,9-13,18-21H,6H2,1H3/t9-,10+,11+,12-,13?/m1/s1. The molecule has 1 fully saturated rings. The number of ether oxygens (including phenoxy) is 1. The summed E-state index contributed by atoms with van der Waals surface area (Å²) in [5.74, 6) is 0. The molecule has 1 heterocycles. The van der Waals surface area contributed by atoms with Crippen molar-refractivity contribution in [2.75, 3.05) is 13.7 Å². The van der Waals surface area contributed by atoms with E-state index in [1.807, 2.05) is 0 Å². The van der Waals surface area contributed by atoms with Crippen molar-refractivity contribution in [2.45, 2.75) is 30.6 Å². The number of aliphatic hydroxyl groups excluding tert-OH is 4. The van der Waals surface area contributed by atoms with Crippen LogP contribution in [0.15, 0.2) is 34.6 Å². The van der Waals surface area contributed by atoms with E-state index in [1.54, 1.807) is 0 Å². The van der Waals surface area contributed by atoms with E-state index in [0.29, 0.717) is 5.69 Å². The van der Waals surface area contributed by atoms with Gasteiger partial charge in [-0.3, -0.25) is 15.1 Å². The molecule has 0 amide bonds. The molecule has 1 aromatic carbocycles. The fraction of sp³-hybridized carbons (Fsp3) is 0.538. The molecule has 2 rings (SSSR count). The summed E-state index contributed by atoms with van der Waals surface area (Å²) in [5.41, 5.74) is 0.244. The average molecular weight is 342 g/mol. The summed E-state index contributed by atoms with van der Waals surface area (Å²) in [5, 5.41) is 57.9. The van der Waals surface area contributed by atoms with Crippen LogP contribution in [0.2, 0.25) is 0 Å². The largest absolute Gasteiger partial charge is 0.394 e. The SMILES string of the molecule is CN(N=Nc1ccc([N+](=O)[O-])cc1)C1O[C@H](CO)[C@H](O)[C@H](O)[C@H]1O. The smallest absolute Gasteiger partial charge is 0.269 e. The Morgan fingerprint density at radius 1 is 1.21 bits per heavy atom. The number of hydrogen-bond acceptors (Lipinski definition) is 9. The molecule has 11 heteroatoms. The molecule has 0 aliphatic carbocycles. The molecular weight excluding hydrogens is 324 g/mol. The fourth-order valence-corrected chi connectivity index (χ4v) is 2.20. The maximum atomic E-state index is 10.6. The molecule has 1 unspecified atom stereocenters. The normalized spacial score (nSPS) is 30.5. The van der Waals surface area contributed by atoms with Gasteiger partial charge in [-0.1, -0.05) is 5.22 Å². The number of hydrogen-bond donors (Lipinski definition) is 4. The minimum Gasteiger partial charge on any atom is -0.394 e. The highest BCUT2D eigenvalue weighted by atomic mass is 16.6. The number of non-ortho nitro benzene ring substituents is 1. The van der Waals surface area contributed by atoms with Crippen LogP contribution in [0.25, 0.3) is 0 Å². The van der Waals surface area contributed by atoms with E-state index in [1.165, 1.54) is 31.3 Å². The highest BCUT2D eigenvalue weighted by Crippen LogP contribution is 2.24. The summed E-state index contributed by atoms with van der Waals surface area (Å²) in [4.78, 5) is 10.0. The molecule has 24 heavy (non-hydrogen) atoms. The Labute approximate surface area is 136 Å². The van der Waals surface area contributed by atoms with Gasteiger partial charge in [-0.2, -0.15) is 0 Å². The Morgan fingerprint density at radius 2 is 1.83 bits per heavy atom. The summed E-state index contributed by atoms with van der Waals surface area (Å²) < 4.78 is 5.30. The van der Waals surface area contributed by atoms with E-state index in [9.17, 15) is 25.4 Å². The molecule has 0 bridgehead atoms. The van der Waals surface area contributed by atoms with Crippen LogP contribution in [0.3, 0.4) is 0 Å². The lowest BCUT2D eigenvalue weighted by atomic mass is 9.98. The summed E-state index contributed by atoms with van der Waals surface area (Å²) in [7, 11) is 1.42. The van der Waals surface area contributed by atoms with Gasteiger partial charge in [0.1, 0.15) is 24.4 Å². The molecule has 132 valence electrons. The first-order valence-electron chi connectivity index (χ1n) is 7.04. The number of likely N-dealkylation sites (N-methyl/N-ethyl adjacent to an activating group) is 1. The van der Waals surface area contributed by atoms with Crippen molar-refractivity contribution >= 4 is 11.4 Å². The second-order valence-corrected chi connectivity index (χ2v) is 5.26. The molecule has 1 aliphatic rings. The van der Waals surface area contributed by atoms with Crippen molar-refractivity contribution in [2.24, 2.45) is 10.3 Å². The topological polar surface area (TPSA) is 161 Å². The van der Waals surface area contributed by atoms with Gasteiger partial charge in [0.05, 0.1) is 17.2 Å². The molecule has 1 aliphatic heterocycles. The van der Waals surface area contributed by atoms with Crippen LogP contribution in [-0.2, 0) is 4.74 Å². The van der Waals surface area contributed by atoms with Crippen molar-refractivity contribution < 1.29 is 30.1 Å². The first kappa shape index (κ1) is 18.2. The van der Waals surface area contributed by atoms with Crippen LogP contribution in [0.1, 0.15) is 0 Å². The molecule has 4 N–H and O–H groups in total. The van der Waals surface area contributed by atoms with Crippen LogP contribution < -0.4 is 0 Å². The van der Waals surface area contributed by atoms with Crippen molar-refractivity contribution in [1.29, 1.82) is 0 Å². The van der Waals surface area contributed by atoms with Crippen molar-refractivity contribution in [3.8, 4) is 0 Å². The fourth-order valence-electron chi connectivity index (χ4n) is 2.20. The molecule has 0 radical (unpaired) electrons. The second kappa shape index (κ2) is 7.59. The zero-order chi connectivity index (χ0) is 17.9. The van der Waals surface area contributed by atoms with Crippen LogP contribution in [0.5, 0.6) is 0 Å². The molecule has 11 nitrogen and oxygen atoms in total. The third-order valence-electron chi connectivity index (χ3n) is 3.60. The van der Waals surface area contributed by atoms with Gasteiger partial charge in [-0.25, -0.2) is 0 Å². The van der Waals surface area contributed by atoms with Gasteiger partial charge >= 0.3 is 0 Å². The van der Waals surface area contributed by atoms with Crippen molar-refractivity contribution in [3.63, 3.8) is 0 Å². The van der Waals surface area contributed by atoms with E-state index in [-0.39, 0.29) is 5.69 Å². The van der Waals surface area contributed by atoms with E-state index in [2.05, 4.69) is 10.3 Å². The first-order valence-corrected chi connectivity index (χ1v) is 7.04. The molecule has 5 atom stereocenters. The summed E-state index contributed by atoms with van der Waals surface area (Å²) in [6.07, 6.45) is -6.63. The van der Waals surface area contributed by atoms with E-state index in [4.69, 9.17) is 9.84 Å². The number of nitrogens with zero attached hydrogens (tertiary/aromatic N) is 4. The predicted octanol–water partition coefficient (Wildman–Crippen LogP) is -0.675. The molecule has 0 spiro atoms. The maximum Gasteiger partial charge on any atom is 0.269 e. The summed E-state index contributed by atoms with van der Waals surface area (Å²) in [6.45, 7) is -0.547. The number of aliphatic hydroxyl groups is 4. The highest BCUT2D eigenvalue weighted by molar-refractivity contribution is 5.43. The summed E-state index contributed by atoms with van der Waals surface area (Å²) >= 11 is 0. The minimum absolute atomic E-state index is 0.0868. The Kier molecular flexibility index (Phi) is 5.75. The van der Waals surface area contributed by atoms with Gasteiger partial charge in [0.15, 0.2) is 6.23 Å². The van der Waals surface area contributed by atoms with Gasteiger partial charge in [0.25, 0.3) is 5.69 Å². The Balaban J connectivity index is 2.07. The van der Waals surface area contributed by atoms with Gasteiger partial charge in [0, 0.05) is 19.2 Å². The van der Waals surface area contributed by atoms with Gasteiger partial charge in [-0.05, 0) is 12.1 Å². The zero-order valence-corrected chi connectivity index (χ0v) is 12.7. The van der Waals surface area contributed by atoms with Crippen molar-refractivity contribution in [3.05, 3.63) is 34.4 Å². The van der Waals surface area contributed by atoms with Gasteiger partial charge in [0.2, 0.25) is 0 Å². The zero-order valence-electron chi connectivity index (χ0n) is 12.7. The molecule has 1 aromatic rings. The number of nitro benzene ring substituents is 1. The third-order valence-corrected chi connectivity index (χ3v) is 3.60. The lowest BCUT2D eigenvalue weighted by molar-refractivity contribution is -0.384. The van der Waals surface area contributed by atoms with Gasteiger partial charge < -0.3 is 25.2 Å². The van der Waals surface area contributed by atoms with Crippen LogP contribution in [0, 0.1) is 10.1 Å². The van der Waals surface area contributed by atoms with E-state index < -0.39 is 42.2 Å². The number of benzene rings is 1. The Hall–Kier alpha value is -2.18. The first-order chi connectivity index (χ1) is 11.3. The minimum atomic E-state index is -1.52. The maximum absolute atomic E-state index is 10.6. The van der Waals surface area contributed by atoms with Crippen molar-refractivity contribution in [1.82, 2.24) is 5.01 Å². The second-order valence-electron chi connectivity index (χ2n) is 5.26. The van der Waals surface area contributed by atoms with E-state index in [0.717, 1.165) is 5.01 Å². The third kappa shape index (κ3) is 3.83. The van der Waals surface area contributed by atoms with Crippen LogP contribution >= 0.6 is 0 Å². The Bertz CT molecular complexity index is 594. The van der Waals surface area contributed by atoms with Gasteiger partial charge in [-0.15, -0.1) is 5.11 Å². The Morgan fingerprint density at radius 3 is 2.38 bits per heavy atom. The molecule has 0 aromatic heterocycles. The number of nitro groups is 1. The summed E-state index contributed by atoms with van der Waals surface area (Å²) in [6, 6.07) is 5.32. The molecular formula is C13H18N4O7.